The second-order valence-electron chi connectivity index (χ2n) is 5.18. The van der Waals surface area contributed by atoms with Crippen LogP contribution in [0.5, 0.6) is 0 Å². The number of hydrogen-bond donors (Lipinski definition) is 1. The summed E-state index contributed by atoms with van der Waals surface area (Å²) in [4.78, 5) is 4.53. The molecule has 0 aliphatic rings. The van der Waals surface area contributed by atoms with Gasteiger partial charge in [-0.15, -0.1) is 0 Å². The number of ether oxygens (including phenoxy) is 1. The molecule has 0 radical (unpaired) electrons. The minimum atomic E-state index is -0.282. The largest absolute Gasteiger partial charge is 0.374 e. The maximum atomic E-state index is 5.90. The highest BCUT2D eigenvalue weighted by Crippen LogP contribution is 2.32. The fourth-order valence-corrected chi connectivity index (χ4v) is 2.69. The average Bonchev–Trinajstić information content (AvgIpc) is 2.39. The summed E-state index contributed by atoms with van der Waals surface area (Å²) in [5, 5.41) is 4.53. The van der Waals surface area contributed by atoms with Gasteiger partial charge in [0, 0.05) is 18.2 Å². The average molecular weight is 258 g/mol. The lowest BCUT2D eigenvalue weighted by Crippen LogP contribution is -2.40. The summed E-state index contributed by atoms with van der Waals surface area (Å²) in [6, 6.07) is 10.4. The van der Waals surface area contributed by atoms with Crippen LogP contribution < -0.4 is 5.32 Å². The van der Waals surface area contributed by atoms with Crippen molar-refractivity contribution < 1.29 is 4.74 Å². The van der Waals surface area contributed by atoms with E-state index < -0.39 is 0 Å². The first-order valence-corrected chi connectivity index (χ1v) is 6.75. The standard InChI is InChI=1S/C16H22N2O/c1-5-19-16(2,3)15(17-4)13-10-6-8-12-9-7-11-18-14(12)13/h6-11,15,17H,5H2,1-4H3. The van der Waals surface area contributed by atoms with Crippen LogP contribution in [0.3, 0.4) is 0 Å². The Bertz CT molecular complexity index is 546. The summed E-state index contributed by atoms with van der Waals surface area (Å²) in [7, 11) is 1.97. The normalized spacial score (nSPS) is 13.7. The maximum absolute atomic E-state index is 5.90. The molecule has 0 saturated heterocycles. The molecular formula is C16H22N2O. The summed E-state index contributed by atoms with van der Waals surface area (Å²) < 4.78 is 5.90. The smallest absolute Gasteiger partial charge is 0.0820 e. The highest BCUT2D eigenvalue weighted by molar-refractivity contribution is 5.82. The van der Waals surface area contributed by atoms with Gasteiger partial charge >= 0.3 is 0 Å². The molecular weight excluding hydrogens is 236 g/mol. The predicted octanol–water partition coefficient (Wildman–Crippen LogP) is 3.31. The third kappa shape index (κ3) is 2.77. The zero-order valence-corrected chi connectivity index (χ0v) is 12.1. The Balaban J connectivity index is 2.52. The fourth-order valence-electron chi connectivity index (χ4n) is 2.69. The summed E-state index contributed by atoms with van der Waals surface area (Å²) in [5.41, 5.74) is 1.94. The van der Waals surface area contributed by atoms with Crippen LogP contribution in [0.2, 0.25) is 0 Å². The molecule has 2 rings (SSSR count). The van der Waals surface area contributed by atoms with E-state index in [1.165, 1.54) is 5.56 Å². The molecule has 0 saturated carbocycles. The molecule has 0 spiro atoms. The van der Waals surface area contributed by atoms with Gasteiger partial charge in [0.25, 0.3) is 0 Å². The Labute approximate surface area is 115 Å². The number of nitrogens with one attached hydrogen (secondary N) is 1. The number of aromatic nitrogens is 1. The van der Waals surface area contributed by atoms with Crippen molar-refractivity contribution in [2.24, 2.45) is 0 Å². The van der Waals surface area contributed by atoms with E-state index in [2.05, 4.69) is 48.4 Å². The summed E-state index contributed by atoms with van der Waals surface area (Å²) in [5.74, 6) is 0. The molecule has 1 aromatic heterocycles. The van der Waals surface area contributed by atoms with Crippen LogP contribution in [0.4, 0.5) is 0 Å². The molecule has 1 unspecified atom stereocenters. The van der Waals surface area contributed by atoms with Crippen molar-refractivity contribution in [3.05, 3.63) is 42.1 Å². The van der Waals surface area contributed by atoms with E-state index in [1.807, 2.05) is 26.2 Å². The van der Waals surface area contributed by atoms with Crippen molar-refractivity contribution in [2.75, 3.05) is 13.7 Å². The van der Waals surface area contributed by atoms with Crippen LogP contribution in [-0.2, 0) is 4.74 Å². The molecule has 0 aliphatic heterocycles. The van der Waals surface area contributed by atoms with Crippen molar-refractivity contribution in [3.8, 4) is 0 Å². The molecule has 3 heteroatoms. The Morgan fingerprint density at radius 1 is 1.26 bits per heavy atom. The predicted molar refractivity (Wildman–Crippen MR) is 79.2 cm³/mol. The molecule has 1 aromatic carbocycles. The van der Waals surface area contributed by atoms with Crippen LogP contribution in [0.25, 0.3) is 10.9 Å². The van der Waals surface area contributed by atoms with Crippen LogP contribution in [0.1, 0.15) is 32.4 Å². The summed E-state index contributed by atoms with van der Waals surface area (Å²) >= 11 is 0. The first-order chi connectivity index (χ1) is 9.10. The molecule has 0 aliphatic carbocycles. The Morgan fingerprint density at radius 2 is 2.00 bits per heavy atom. The number of para-hydroxylation sites is 1. The van der Waals surface area contributed by atoms with Crippen LogP contribution in [0, 0.1) is 0 Å². The molecule has 102 valence electrons. The fraction of sp³-hybridized carbons (Fsp3) is 0.438. The molecule has 0 fully saturated rings. The van der Waals surface area contributed by atoms with Gasteiger partial charge in [0.15, 0.2) is 0 Å². The first-order valence-electron chi connectivity index (χ1n) is 6.75. The SMILES string of the molecule is CCOC(C)(C)C(NC)c1cccc2cccnc12. The second kappa shape index (κ2) is 5.68. The van der Waals surface area contributed by atoms with Gasteiger partial charge < -0.3 is 10.1 Å². The number of pyridine rings is 1. The number of benzene rings is 1. The zero-order chi connectivity index (χ0) is 13.9. The molecule has 3 nitrogen and oxygen atoms in total. The van der Waals surface area contributed by atoms with E-state index in [9.17, 15) is 0 Å². The van der Waals surface area contributed by atoms with Gasteiger partial charge in [0.05, 0.1) is 17.2 Å². The molecule has 0 amide bonds. The number of likely N-dealkylation sites (N-methyl/N-ethyl adjacent to an activating group) is 1. The number of rotatable bonds is 5. The third-order valence-corrected chi connectivity index (χ3v) is 3.48. The molecule has 1 N–H and O–H groups in total. The van der Waals surface area contributed by atoms with Crippen LogP contribution in [-0.4, -0.2) is 24.2 Å². The molecule has 19 heavy (non-hydrogen) atoms. The Kier molecular flexibility index (Phi) is 4.17. The van der Waals surface area contributed by atoms with Gasteiger partial charge in [-0.2, -0.15) is 0 Å². The highest BCUT2D eigenvalue weighted by atomic mass is 16.5. The molecule has 1 heterocycles. The van der Waals surface area contributed by atoms with E-state index in [0.717, 1.165) is 10.9 Å². The molecule has 1 atom stereocenters. The second-order valence-corrected chi connectivity index (χ2v) is 5.18. The van der Waals surface area contributed by atoms with Gasteiger partial charge in [-0.1, -0.05) is 24.3 Å². The van der Waals surface area contributed by atoms with Gasteiger partial charge in [-0.25, -0.2) is 0 Å². The summed E-state index contributed by atoms with van der Waals surface area (Å²) in [6.07, 6.45) is 1.84. The minimum absolute atomic E-state index is 0.103. The van der Waals surface area contributed by atoms with Gasteiger partial charge in [0.2, 0.25) is 0 Å². The topological polar surface area (TPSA) is 34.1 Å². The lowest BCUT2D eigenvalue weighted by molar-refractivity contribution is -0.0371. The van der Waals surface area contributed by atoms with E-state index >= 15 is 0 Å². The van der Waals surface area contributed by atoms with Crippen molar-refractivity contribution in [1.29, 1.82) is 0 Å². The van der Waals surface area contributed by atoms with E-state index in [4.69, 9.17) is 4.74 Å². The van der Waals surface area contributed by atoms with Crippen LogP contribution in [0.15, 0.2) is 36.5 Å². The van der Waals surface area contributed by atoms with Crippen molar-refractivity contribution in [2.45, 2.75) is 32.4 Å². The zero-order valence-electron chi connectivity index (χ0n) is 12.1. The number of fused-ring (bicyclic) bond motifs is 1. The Hall–Kier alpha value is -1.45. The van der Waals surface area contributed by atoms with E-state index in [-0.39, 0.29) is 11.6 Å². The van der Waals surface area contributed by atoms with Crippen molar-refractivity contribution in [3.63, 3.8) is 0 Å². The van der Waals surface area contributed by atoms with Crippen molar-refractivity contribution in [1.82, 2.24) is 10.3 Å². The number of nitrogens with zero attached hydrogens (tertiary/aromatic N) is 1. The van der Waals surface area contributed by atoms with Crippen LogP contribution >= 0.6 is 0 Å². The van der Waals surface area contributed by atoms with Gasteiger partial charge in [0.1, 0.15) is 0 Å². The Morgan fingerprint density at radius 3 is 2.68 bits per heavy atom. The van der Waals surface area contributed by atoms with Gasteiger partial charge in [-0.3, -0.25) is 4.98 Å². The van der Waals surface area contributed by atoms with E-state index in [0.29, 0.717) is 6.61 Å². The lowest BCUT2D eigenvalue weighted by Gasteiger charge is -2.34. The molecule has 0 bridgehead atoms. The molecule has 2 aromatic rings. The first kappa shape index (κ1) is 14.0. The van der Waals surface area contributed by atoms with E-state index in [1.54, 1.807) is 0 Å². The number of hydrogen-bond acceptors (Lipinski definition) is 3. The minimum Gasteiger partial charge on any atom is -0.374 e. The van der Waals surface area contributed by atoms with Crippen molar-refractivity contribution >= 4 is 10.9 Å². The highest BCUT2D eigenvalue weighted by Gasteiger charge is 2.31. The van der Waals surface area contributed by atoms with Gasteiger partial charge in [-0.05, 0) is 39.4 Å². The third-order valence-electron chi connectivity index (χ3n) is 3.48. The monoisotopic (exact) mass is 258 g/mol. The quantitative estimate of drug-likeness (QED) is 0.893. The maximum Gasteiger partial charge on any atom is 0.0820 e. The lowest BCUT2D eigenvalue weighted by atomic mass is 9.90. The summed E-state index contributed by atoms with van der Waals surface area (Å²) in [6.45, 7) is 6.94.